The third kappa shape index (κ3) is 3.82. The van der Waals surface area contributed by atoms with Crippen molar-refractivity contribution in [1.29, 1.82) is 0 Å². The highest BCUT2D eigenvalue weighted by Gasteiger charge is 2.26. The van der Waals surface area contributed by atoms with Crippen molar-refractivity contribution in [3.8, 4) is 0 Å². The van der Waals surface area contributed by atoms with Crippen LogP contribution in [0.4, 0.5) is 4.39 Å². The number of hydrogen-bond donors (Lipinski definition) is 2. The van der Waals surface area contributed by atoms with Crippen molar-refractivity contribution >= 4 is 27.6 Å². The lowest BCUT2D eigenvalue weighted by Gasteiger charge is -2.15. The first-order chi connectivity index (χ1) is 10.3. The van der Waals surface area contributed by atoms with Gasteiger partial charge in [-0.15, -0.1) is 0 Å². The molecule has 8 heteroatoms. The molecular weight excluding hydrogens is 333 g/mol. The van der Waals surface area contributed by atoms with Crippen LogP contribution in [-0.2, 0) is 14.8 Å². The fourth-order valence-corrected chi connectivity index (χ4v) is 3.06. The fraction of sp³-hybridized carbons (Fsp3) is 0.0714. The lowest BCUT2D eigenvalue weighted by molar-refractivity contribution is -0.139. The predicted octanol–water partition coefficient (Wildman–Crippen LogP) is 2.58. The van der Waals surface area contributed by atoms with Gasteiger partial charge in [0.05, 0.1) is 4.90 Å². The standard InChI is InChI=1S/C14H11ClFNO4S/c15-10-3-7-12(8-4-10)22(20,21)17-13(14(18)19)9-1-5-11(16)6-2-9/h1-8,13,17H,(H,18,19). The zero-order valence-corrected chi connectivity index (χ0v) is 12.6. The highest BCUT2D eigenvalue weighted by atomic mass is 35.5. The molecule has 2 aromatic carbocycles. The van der Waals surface area contributed by atoms with Gasteiger partial charge in [-0.25, -0.2) is 12.8 Å². The first-order valence-corrected chi connectivity index (χ1v) is 7.92. The number of carboxylic acid groups (broad SMARTS) is 1. The van der Waals surface area contributed by atoms with E-state index in [1.54, 1.807) is 0 Å². The average Bonchev–Trinajstić information content (AvgIpc) is 2.46. The molecule has 0 aliphatic rings. The molecule has 0 aliphatic heterocycles. The van der Waals surface area contributed by atoms with Gasteiger partial charge in [0.25, 0.3) is 0 Å². The van der Waals surface area contributed by atoms with E-state index in [2.05, 4.69) is 4.72 Å². The van der Waals surface area contributed by atoms with Crippen LogP contribution in [-0.4, -0.2) is 19.5 Å². The van der Waals surface area contributed by atoms with Crippen molar-refractivity contribution in [1.82, 2.24) is 4.72 Å². The van der Waals surface area contributed by atoms with E-state index >= 15 is 0 Å². The smallest absolute Gasteiger partial charge is 0.326 e. The summed E-state index contributed by atoms with van der Waals surface area (Å²) >= 11 is 5.68. The Kier molecular flexibility index (Phi) is 4.80. The van der Waals surface area contributed by atoms with Gasteiger partial charge in [0.15, 0.2) is 0 Å². The molecule has 0 saturated heterocycles. The summed E-state index contributed by atoms with van der Waals surface area (Å²) in [7, 11) is -4.06. The Bertz CT molecular complexity index is 775. The summed E-state index contributed by atoms with van der Waals surface area (Å²) in [6.07, 6.45) is 0. The van der Waals surface area contributed by atoms with Gasteiger partial charge in [-0.05, 0) is 42.0 Å². The molecule has 2 N–H and O–H groups in total. The number of rotatable bonds is 5. The van der Waals surface area contributed by atoms with Crippen molar-refractivity contribution in [2.45, 2.75) is 10.9 Å². The fourth-order valence-electron chi connectivity index (χ4n) is 1.75. The van der Waals surface area contributed by atoms with Gasteiger partial charge >= 0.3 is 5.97 Å². The number of carbonyl (C=O) groups is 1. The van der Waals surface area contributed by atoms with E-state index in [-0.39, 0.29) is 10.5 Å². The summed E-state index contributed by atoms with van der Waals surface area (Å²) in [6.45, 7) is 0. The van der Waals surface area contributed by atoms with Gasteiger partial charge in [0.2, 0.25) is 10.0 Å². The maximum Gasteiger partial charge on any atom is 0.326 e. The Morgan fingerprint density at radius 1 is 1.09 bits per heavy atom. The van der Waals surface area contributed by atoms with Crippen LogP contribution >= 0.6 is 11.6 Å². The molecule has 0 saturated carbocycles. The molecule has 2 rings (SSSR count). The summed E-state index contributed by atoms with van der Waals surface area (Å²) in [5, 5.41) is 9.56. The number of carboxylic acids is 1. The molecule has 116 valence electrons. The Morgan fingerprint density at radius 3 is 2.14 bits per heavy atom. The average molecular weight is 344 g/mol. The molecule has 0 aliphatic carbocycles. The first-order valence-electron chi connectivity index (χ1n) is 6.06. The van der Waals surface area contributed by atoms with Crippen LogP contribution in [0.25, 0.3) is 0 Å². The van der Waals surface area contributed by atoms with Crippen molar-refractivity contribution in [2.75, 3.05) is 0 Å². The minimum atomic E-state index is -4.06. The third-order valence-corrected chi connectivity index (χ3v) is 4.54. The van der Waals surface area contributed by atoms with Crippen LogP contribution in [0.3, 0.4) is 0 Å². The van der Waals surface area contributed by atoms with E-state index in [0.717, 1.165) is 12.1 Å². The van der Waals surface area contributed by atoms with E-state index < -0.39 is 27.9 Å². The molecule has 0 aromatic heterocycles. The number of halogens is 2. The van der Waals surface area contributed by atoms with Gasteiger partial charge in [0, 0.05) is 5.02 Å². The number of hydrogen-bond acceptors (Lipinski definition) is 3. The molecule has 22 heavy (non-hydrogen) atoms. The monoisotopic (exact) mass is 343 g/mol. The number of benzene rings is 2. The largest absolute Gasteiger partial charge is 0.480 e. The van der Waals surface area contributed by atoms with E-state index in [4.69, 9.17) is 11.6 Å². The summed E-state index contributed by atoms with van der Waals surface area (Å²) in [6, 6.07) is 8.28. The highest BCUT2D eigenvalue weighted by Crippen LogP contribution is 2.19. The summed E-state index contributed by atoms with van der Waals surface area (Å²) in [4.78, 5) is 11.2. The number of aliphatic carboxylic acids is 1. The zero-order chi connectivity index (χ0) is 16.3. The van der Waals surface area contributed by atoms with Gasteiger partial charge < -0.3 is 5.11 Å². The van der Waals surface area contributed by atoms with Crippen molar-refractivity contribution in [2.24, 2.45) is 0 Å². The van der Waals surface area contributed by atoms with E-state index in [1.807, 2.05) is 0 Å². The van der Waals surface area contributed by atoms with Gasteiger partial charge in [-0.3, -0.25) is 4.79 Å². The van der Waals surface area contributed by atoms with Crippen LogP contribution < -0.4 is 4.72 Å². The lowest BCUT2D eigenvalue weighted by Crippen LogP contribution is -2.33. The molecule has 0 fully saturated rings. The molecular formula is C14H11ClFNO4S. The second kappa shape index (κ2) is 6.43. The second-order valence-corrected chi connectivity index (χ2v) is 6.55. The molecule has 2 aromatic rings. The van der Waals surface area contributed by atoms with Crippen LogP contribution in [0, 0.1) is 5.82 Å². The maximum absolute atomic E-state index is 12.9. The lowest BCUT2D eigenvalue weighted by atomic mass is 10.1. The minimum Gasteiger partial charge on any atom is -0.480 e. The summed E-state index contributed by atoms with van der Waals surface area (Å²) < 4.78 is 39.4. The Hall–Kier alpha value is -1.96. The van der Waals surface area contributed by atoms with Gasteiger partial charge in [-0.2, -0.15) is 4.72 Å². The zero-order valence-electron chi connectivity index (χ0n) is 11.0. The normalized spacial score (nSPS) is 12.8. The molecule has 0 amide bonds. The predicted molar refractivity (Wildman–Crippen MR) is 78.6 cm³/mol. The Morgan fingerprint density at radius 2 is 1.64 bits per heavy atom. The van der Waals surface area contributed by atoms with Crippen molar-refractivity contribution in [3.63, 3.8) is 0 Å². The number of sulfonamides is 1. The van der Waals surface area contributed by atoms with Crippen LogP contribution in [0.15, 0.2) is 53.4 Å². The Balaban J connectivity index is 2.33. The molecule has 0 radical (unpaired) electrons. The Labute approximate surface area is 131 Å². The molecule has 0 heterocycles. The van der Waals surface area contributed by atoms with E-state index in [9.17, 15) is 22.7 Å². The quantitative estimate of drug-likeness (QED) is 0.874. The van der Waals surface area contributed by atoms with Crippen molar-refractivity contribution < 1.29 is 22.7 Å². The molecule has 5 nitrogen and oxygen atoms in total. The maximum atomic E-state index is 12.9. The summed E-state index contributed by atoms with van der Waals surface area (Å²) in [5.41, 5.74) is 0.117. The molecule has 1 unspecified atom stereocenters. The van der Waals surface area contributed by atoms with Crippen LogP contribution in [0.2, 0.25) is 5.02 Å². The van der Waals surface area contributed by atoms with Crippen LogP contribution in [0.1, 0.15) is 11.6 Å². The summed E-state index contributed by atoms with van der Waals surface area (Å²) in [5.74, 6) is -1.95. The molecule has 0 bridgehead atoms. The van der Waals surface area contributed by atoms with Crippen molar-refractivity contribution in [3.05, 3.63) is 64.9 Å². The molecule has 0 spiro atoms. The van der Waals surface area contributed by atoms with Crippen LogP contribution in [0.5, 0.6) is 0 Å². The minimum absolute atomic E-state index is 0.117. The highest BCUT2D eigenvalue weighted by molar-refractivity contribution is 7.89. The van der Waals surface area contributed by atoms with Gasteiger partial charge in [0.1, 0.15) is 11.9 Å². The number of nitrogens with one attached hydrogen (secondary N) is 1. The first kappa shape index (κ1) is 16.4. The van der Waals surface area contributed by atoms with E-state index in [0.29, 0.717) is 5.02 Å². The molecule has 1 atom stereocenters. The van der Waals surface area contributed by atoms with E-state index in [1.165, 1.54) is 36.4 Å². The SMILES string of the molecule is O=C(O)C(NS(=O)(=O)c1ccc(Cl)cc1)c1ccc(F)cc1. The topological polar surface area (TPSA) is 83.5 Å². The second-order valence-electron chi connectivity index (χ2n) is 4.40. The third-order valence-electron chi connectivity index (χ3n) is 2.85. The van der Waals surface area contributed by atoms with Gasteiger partial charge in [-0.1, -0.05) is 23.7 Å².